The molecule has 1 N–H and O–H groups in total. The minimum absolute atomic E-state index is 0.0696. The summed E-state index contributed by atoms with van der Waals surface area (Å²) in [4.78, 5) is 0. The molecular formula is C16H17ClFNO. The van der Waals surface area contributed by atoms with Gasteiger partial charge in [-0.15, -0.1) is 0 Å². The van der Waals surface area contributed by atoms with Gasteiger partial charge in [-0.1, -0.05) is 30.7 Å². The first kappa shape index (κ1) is 14.7. The van der Waals surface area contributed by atoms with Crippen molar-refractivity contribution < 1.29 is 9.13 Å². The lowest BCUT2D eigenvalue weighted by Gasteiger charge is -2.20. The summed E-state index contributed by atoms with van der Waals surface area (Å²) >= 11 is 6.19. The van der Waals surface area contributed by atoms with E-state index >= 15 is 0 Å². The molecule has 0 radical (unpaired) electrons. The van der Waals surface area contributed by atoms with E-state index in [1.807, 2.05) is 12.1 Å². The first-order chi connectivity index (χ1) is 9.63. The number of methoxy groups -OCH3 is 1. The fourth-order valence-corrected chi connectivity index (χ4v) is 2.22. The van der Waals surface area contributed by atoms with Crippen LogP contribution < -0.4 is 10.1 Å². The number of anilines is 1. The lowest BCUT2D eigenvalue weighted by molar-refractivity contribution is 0.415. The number of hydrogen-bond donors (Lipinski definition) is 1. The van der Waals surface area contributed by atoms with Crippen LogP contribution in [0.15, 0.2) is 42.5 Å². The Labute approximate surface area is 123 Å². The zero-order valence-corrected chi connectivity index (χ0v) is 12.2. The molecule has 2 aromatic rings. The summed E-state index contributed by atoms with van der Waals surface area (Å²) in [5, 5.41) is 4.00. The molecule has 2 rings (SSSR count). The predicted molar refractivity (Wildman–Crippen MR) is 81.1 cm³/mol. The normalized spacial score (nSPS) is 12.0. The molecule has 0 spiro atoms. The largest absolute Gasteiger partial charge is 0.497 e. The standard InChI is InChI=1S/C16H17ClFNO/c1-3-15(11-4-6-12(18)7-5-11)19-16-10-13(20-2)8-9-14(16)17/h4-10,15,19H,3H2,1-2H3. The maximum atomic E-state index is 13.0. The van der Waals surface area contributed by atoms with Crippen molar-refractivity contribution in [3.8, 4) is 5.75 Å². The van der Waals surface area contributed by atoms with Crippen molar-refractivity contribution >= 4 is 17.3 Å². The highest BCUT2D eigenvalue weighted by molar-refractivity contribution is 6.33. The van der Waals surface area contributed by atoms with Crippen LogP contribution in [0.25, 0.3) is 0 Å². The van der Waals surface area contributed by atoms with Crippen LogP contribution in [0.3, 0.4) is 0 Å². The van der Waals surface area contributed by atoms with Gasteiger partial charge in [0.25, 0.3) is 0 Å². The van der Waals surface area contributed by atoms with Gasteiger partial charge in [-0.3, -0.25) is 0 Å². The number of ether oxygens (including phenoxy) is 1. The van der Waals surface area contributed by atoms with E-state index in [0.29, 0.717) is 5.02 Å². The minimum atomic E-state index is -0.233. The summed E-state index contributed by atoms with van der Waals surface area (Å²) in [5.74, 6) is 0.508. The van der Waals surface area contributed by atoms with Crippen molar-refractivity contribution in [2.75, 3.05) is 12.4 Å². The molecule has 0 saturated carbocycles. The molecule has 0 fully saturated rings. The van der Waals surface area contributed by atoms with Gasteiger partial charge < -0.3 is 10.1 Å². The van der Waals surface area contributed by atoms with Crippen LogP contribution in [0.5, 0.6) is 5.75 Å². The molecule has 0 aliphatic rings. The SMILES string of the molecule is CCC(Nc1cc(OC)ccc1Cl)c1ccc(F)cc1. The molecule has 0 bridgehead atoms. The molecule has 4 heteroatoms. The molecule has 2 aromatic carbocycles. The van der Waals surface area contributed by atoms with Crippen molar-refractivity contribution in [2.24, 2.45) is 0 Å². The smallest absolute Gasteiger partial charge is 0.123 e. The van der Waals surface area contributed by atoms with Crippen LogP contribution in [-0.2, 0) is 0 Å². The van der Waals surface area contributed by atoms with E-state index < -0.39 is 0 Å². The van der Waals surface area contributed by atoms with Gasteiger partial charge in [0, 0.05) is 6.07 Å². The van der Waals surface area contributed by atoms with Crippen LogP contribution in [0.2, 0.25) is 5.02 Å². The lowest BCUT2D eigenvalue weighted by atomic mass is 10.0. The van der Waals surface area contributed by atoms with Crippen molar-refractivity contribution in [1.82, 2.24) is 0 Å². The van der Waals surface area contributed by atoms with E-state index in [1.165, 1.54) is 12.1 Å². The van der Waals surface area contributed by atoms with E-state index in [-0.39, 0.29) is 11.9 Å². The maximum absolute atomic E-state index is 13.0. The Bertz CT molecular complexity index is 571. The molecule has 2 nitrogen and oxygen atoms in total. The molecule has 20 heavy (non-hydrogen) atoms. The van der Waals surface area contributed by atoms with Gasteiger partial charge in [0.05, 0.1) is 23.9 Å². The van der Waals surface area contributed by atoms with Gasteiger partial charge in [-0.25, -0.2) is 4.39 Å². The summed E-state index contributed by atoms with van der Waals surface area (Å²) < 4.78 is 18.2. The molecule has 0 saturated heterocycles. The van der Waals surface area contributed by atoms with Crippen molar-refractivity contribution in [3.63, 3.8) is 0 Å². The third kappa shape index (κ3) is 3.42. The molecule has 0 amide bonds. The number of benzene rings is 2. The van der Waals surface area contributed by atoms with Gasteiger partial charge >= 0.3 is 0 Å². The topological polar surface area (TPSA) is 21.3 Å². The lowest BCUT2D eigenvalue weighted by Crippen LogP contribution is -2.10. The van der Waals surface area contributed by atoms with Gasteiger partial charge in [-0.2, -0.15) is 0 Å². The Hall–Kier alpha value is -1.74. The fraction of sp³-hybridized carbons (Fsp3) is 0.250. The first-order valence-corrected chi connectivity index (χ1v) is 6.87. The van der Waals surface area contributed by atoms with Gasteiger partial charge in [0.15, 0.2) is 0 Å². The highest BCUT2D eigenvalue weighted by Gasteiger charge is 2.11. The molecule has 1 unspecified atom stereocenters. The van der Waals surface area contributed by atoms with E-state index in [1.54, 1.807) is 25.3 Å². The van der Waals surface area contributed by atoms with Gasteiger partial charge in [0.2, 0.25) is 0 Å². The molecule has 0 aromatic heterocycles. The summed E-state index contributed by atoms with van der Waals surface area (Å²) in [6.45, 7) is 2.06. The zero-order chi connectivity index (χ0) is 14.5. The summed E-state index contributed by atoms with van der Waals surface area (Å²) in [6, 6.07) is 12.0. The second kappa shape index (κ2) is 6.62. The second-order valence-electron chi connectivity index (χ2n) is 4.50. The molecule has 0 aliphatic heterocycles. The van der Waals surface area contributed by atoms with Crippen LogP contribution in [0.4, 0.5) is 10.1 Å². The van der Waals surface area contributed by atoms with E-state index in [2.05, 4.69) is 12.2 Å². The monoisotopic (exact) mass is 293 g/mol. The number of nitrogens with one attached hydrogen (secondary N) is 1. The highest BCUT2D eigenvalue weighted by atomic mass is 35.5. The second-order valence-corrected chi connectivity index (χ2v) is 4.91. The third-order valence-corrected chi connectivity index (χ3v) is 3.51. The molecule has 0 heterocycles. The van der Waals surface area contributed by atoms with Gasteiger partial charge in [-0.05, 0) is 36.2 Å². The molecular weight excluding hydrogens is 277 g/mol. The minimum Gasteiger partial charge on any atom is -0.497 e. The van der Waals surface area contributed by atoms with Crippen LogP contribution in [0, 0.1) is 5.82 Å². The molecule has 106 valence electrons. The van der Waals surface area contributed by atoms with Crippen LogP contribution in [0.1, 0.15) is 24.9 Å². The fourth-order valence-electron chi connectivity index (χ4n) is 2.05. The predicted octanol–water partition coefficient (Wildman–Crippen LogP) is 5.05. The average molecular weight is 294 g/mol. The van der Waals surface area contributed by atoms with E-state index in [4.69, 9.17) is 16.3 Å². The molecule has 1 atom stereocenters. The van der Waals surface area contributed by atoms with E-state index in [9.17, 15) is 4.39 Å². The van der Waals surface area contributed by atoms with Crippen molar-refractivity contribution in [2.45, 2.75) is 19.4 Å². The van der Waals surface area contributed by atoms with Crippen molar-refractivity contribution in [1.29, 1.82) is 0 Å². The maximum Gasteiger partial charge on any atom is 0.123 e. The number of halogens is 2. The Morgan fingerprint density at radius 1 is 1.20 bits per heavy atom. The third-order valence-electron chi connectivity index (χ3n) is 3.18. The van der Waals surface area contributed by atoms with Crippen LogP contribution >= 0.6 is 11.6 Å². The summed E-state index contributed by atoms with van der Waals surface area (Å²) in [5.41, 5.74) is 1.83. The number of hydrogen-bond acceptors (Lipinski definition) is 2. The Balaban J connectivity index is 2.23. The van der Waals surface area contributed by atoms with Crippen LogP contribution in [-0.4, -0.2) is 7.11 Å². The Morgan fingerprint density at radius 3 is 2.50 bits per heavy atom. The Kier molecular flexibility index (Phi) is 4.85. The van der Waals surface area contributed by atoms with Gasteiger partial charge in [0.1, 0.15) is 11.6 Å². The average Bonchev–Trinajstić information content (AvgIpc) is 2.47. The highest BCUT2D eigenvalue weighted by Crippen LogP contribution is 2.31. The van der Waals surface area contributed by atoms with Crippen molar-refractivity contribution in [3.05, 3.63) is 58.9 Å². The number of rotatable bonds is 5. The van der Waals surface area contributed by atoms with E-state index in [0.717, 1.165) is 23.4 Å². The summed E-state index contributed by atoms with van der Waals surface area (Å²) in [7, 11) is 1.62. The Morgan fingerprint density at radius 2 is 1.90 bits per heavy atom. The quantitative estimate of drug-likeness (QED) is 0.833. The summed E-state index contributed by atoms with van der Waals surface area (Å²) in [6.07, 6.45) is 0.860. The zero-order valence-electron chi connectivity index (χ0n) is 11.5. The first-order valence-electron chi connectivity index (χ1n) is 6.49. The molecule has 0 aliphatic carbocycles.